The highest BCUT2D eigenvalue weighted by Gasteiger charge is 2.39. The van der Waals surface area contributed by atoms with Crippen LogP contribution < -0.4 is 15.5 Å². The Morgan fingerprint density at radius 2 is 1.55 bits per heavy atom. The summed E-state index contributed by atoms with van der Waals surface area (Å²) in [5.41, 5.74) is 3.42. The van der Waals surface area contributed by atoms with Crippen molar-refractivity contribution in [2.75, 3.05) is 10.2 Å². The maximum atomic E-state index is 13.0. The normalized spacial score (nSPS) is 13.5. The lowest BCUT2D eigenvalue weighted by Gasteiger charge is -2.18. The molecule has 0 aromatic heterocycles. The molecule has 0 radical (unpaired) electrons. The van der Waals surface area contributed by atoms with Crippen LogP contribution in [-0.4, -0.2) is 17.7 Å². The Morgan fingerprint density at radius 3 is 2.24 bits per heavy atom. The molecule has 0 saturated carbocycles. The number of carbonyl (C=O) groups excluding carboxylic acids is 3. The minimum absolute atomic E-state index is 0.00820. The summed E-state index contributed by atoms with van der Waals surface area (Å²) >= 11 is 6.24. The highest BCUT2D eigenvalue weighted by molar-refractivity contribution is 6.53. The predicted molar refractivity (Wildman–Crippen MR) is 129 cm³/mol. The molecule has 0 saturated heterocycles. The van der Waals surface area contributed by atoms with E-state index in [-0.39, 0.29) is 16.6 Å². The maximum Gasteiger partial charge on any atom is 0.283 e. The standard InChI is InChI=1S/C26H22ClN3O3/c1-2-18-10-6-7-11-21(18)30-25(32)22(27)23(26(30)33)29-20-14-12-19(13-15-20)24(31)28-16-17-8-4-3-5-9-17/h3-15,29H,2,16H2,1H3,(H,28,31). The summed E-state index contributed by atoms with van der Waals surface area (Å²) in [7, 11) is 0. The average Bonchev–Trinajstić information content (AvgIpc) is 3.06. The summed E-state index contributed by atoms with van der Waals surface area (Å²) in [6.07, 6.45) is 0.668. The highest BCUT2D eigenvalue weighted by Crippen LogP contribution is 2.32. The van der Waals surface area contributed by atoms with E-state index in [0.29, 0.717) is 29.9 Å². The van der Waals surface area contributed by atoms with E-state index < -0.39 is 11.8 Å². The van der Waals surface area contributed by atoms with E-state index in [4.69, 9.17) is 11.6 Å². The third-order valence-electron chi connectivity index (χ3n) is 5.35. The van der Waals surface area contributed by atoms with E-state index in [0.717, 1.165) is 16.0 Å². The zero-order valence-corrected chi connectivity index (χ0v) is 18.7. The van der Waals surface area contributed by atoms with Gasteiger partial charge in [-0.1, -0.05) is 67.1 Å². The van der Waals surface area contributed by atoms with Crippen molar-refractivity contribution in [3.05, 3.63) is 106 Å². The summed E-state index contributed by atoms with van der Waals surface area (Å²) in [4.78, 5) is 39.3. The number of rotatable bonds is 7. The quantitative estimate of drug-likeness (QED) is 0.505. The number of imide groups is 1. The number of nitrogens with one attached hydrogen (secondary N) is 2. The lowest BCUT2D eigenvalue weighted by Crippen LogP contribution is -2.33. The smallest absolute Gasteiger partial charge is 0.283 e. The summed E-state index contributed by atoms with van der Waals surface area (Å²) < 4.78 is 0. The third-order valence-corrected chi connectivity index (χ3v) is 5.70. The first kappa shape index (κ1) is 22.3. The Balaban J connectivity index is 1.46. The van der Waals surface area contributed by atoms with E-state index in [1.807, 2.05) is 49.4 Å². The fourth-order valence-electron chi connectivity index (χ4n) is 3.59. The molecule has 0 unspecified atom stereocenters. The molecule has 166 valence electrons. The van der Waals surface area contributed by atoms with Crippen molar-refractivity contribution in [2.24, 2.45) is 0 Å². The molecule has 3 aromatic carbocycles. The van der Waals surface area contributed by atoms with Crippen molar-refractivity contribution in [3.8, 4) is 0 Å². The second-order valence-electron chi connectivity index (χ2n) is 7.49. The van der Waals surface area contributed by atoms with E-state index in [9.17, 15) is 14.4 Å². The van der Waals surface area contributed by atoms with Crippen molar-refractivity contribution in [3.63, 3.8) is 0 Å². The fourth-order valence-corrected chi connectivity index (χ4v) is 3.80. The van der Waals surface area contributed by atoms with E-state index in [1.54, 1.807) is 36.4 Å². The molecular weight excluding hydrogens is 438 g/mol. The number of halogens is 1. The lowest BCUT2D eigenvalue weighted by molar-refractivity contribution is -0.120. The zero-order chi connectivity index (χ0) is 23.4. The number of carbonyl (C=O) groups is 3. The summed E-state index contributed by atoms with van der Waals surface area (Å²) in [5, 5.41) is 5.63. The molecule has 33 heavy (non-hydrogen) atoms. The van der Waals surface area contributed by atoms with Crippen LogP contribution in [-0.2, 0) is 22.6 Å². The first-order valence-electron chi connectivity index (χ1n) is 10.5. The third kappa shape index (κ3) is 4.66. The maximum absolute atomic E-state index is 13.0. The van der Waals surface area contributed by atoms with Crippen LogP contribution in [0.1, 0.15) is 28.4 Å². The van der Waals surface area contributed by atoms with Crippen LogP contribution >= 0.6 is 11.6 Å². The van der Waals surface area contributed by atoms with Crippen molar-refractivity contribution >= 4 is 40.7 Å². The Bertz CT molecular complexity index is 1240. The molecule has 0 bridgehead atoms. The second kappa shape index (κ2) is 9.71. The van der Waals surface area contributed by atoms with Gasteiger partial charge in [0.05, 0.1) is 5.69 Å². The molecule has 3 aromatic rings. The van der Waals surface area contributed by atoms with Crippen molar-refractivity contribution < 1.29 is 14.4 Å². The molecule has 6 nitrogen and oxygen atoms in total. The molecule has 3 amide bonds. The van der Waals surface area contributed by atoms with E-state index in [1.165, 1.54) is 0 Å². The predicted octanol–water partition coefficient (Wildman–Crippen LogP) is 4.61. The number of benzene rings is 3. The van der Waals surface area contributed by atoms with Crippen molar-refractivity contribution in [1.82, 2.24) is 5.32 Å². The molecule has 0 atom stereocenters. The summed E-state index contributed by atoms with van der Waals surface area (Å²) in [5.74, 6) is -1.30. The molecular formula is C26H22ClN3O3. The number of anilines is 2. The van der Waals surface area contributed by atoms with Crippen LogP contribution in [0.5, 0.6) is 0 Å². The van der Waals surface area contributed by atoms with Crippen molar-refractivity contribution in [1.29, 1.82) is 0 Å². The van der Waals surface area contributed by atoms with Gasteiger partial charge < -0.3 is 10.6 Å². The van der Waals surface area contributed by atoms with Gasteiger partial charge in [0.2, 0.25) is 0 Å². The lowest BCUT2D eigenvalue weighted by atomic mass is 10.1. The number of aryl methyl sites for hydroxylation is 1. The fraction of sp³-hybridized carbons (Fsp3) is 0.115. The summed E-state index contributed by atoms with van der Waals surface area (Å²) in [6.45, 7) is 2.38. The monoisotopic (exact) mass is 459 g/mol. The molecule has 1 heterocycles. The molecule has 1 aliphatic rings. The molecule has 0 aliphatic carbocycles. The van der Waals surface area contributed by atoms with Crippen molar-refractivity contribution in [2.45, 2.75) is 19.9 Å². The topological polar surface area (TPSA) is 78.5 Å². The first-order chi connectivity index (χ1) is 16.0. The second-order valence-corrected chi connectivity index (χ2v) is 7.87. The number of para-hydroxylation sites is 1. The van der Waals surface area contributed by atoms with Crippen LogP contribution in [0.15, 0.2) is 89.6 Å². The first-order valence-corrected chi connectivity index (χ1v) is 10.9. The van der Waals surface area contributed by atoms with Gasteiger partial charge in [-0.15, -0.1) is 0 Å². The van der Waals surface area contributed by atoms with Gasteiger partial charge in [0.25, 0.3) is 17.7 Å². The number of hydrogen-bond donors (Lipinski definition) is 2. The zero-order valence-electron chi connectivity index (χ0n) is 18.0. The van der Waals surface area contributed by atoms with Crippen LogP contribution in [0.4, 0.5) is 11.4 Å². The van der Waals surface area contributed by atoms with Gasteiger partial charge in [-0.05, 0) is 47.9 Å². The van der Waals surface area contributed by atoms with Gasteiger partial charge in [0.15, 0.2) is 0 Å². The minimum Gasteiger partial charge on any atom is -0.350 e. The largest absolute Gasteiger partial charge is 0.350 e. The number of nitrogens with zero attached hydrogens (tertiary/aromatic N) is 1. The molecule has 2 N–H and O–H groups in total. The van der Waals surface area contributed by atoms with Gasteiger partial charge in [-0.2, -0.15) is 0 Å². The highest BCUT2D eigenvalue weighted by atomic mass is 35.5. The SMILES string of the molecule is CCc1ccccc1N1C(=O)C(Cl)=C(Nc2ccc(C(=O)NCc3ccccc3)cc2)C1=O. The molecule has 7 heteroatoms. The van der Waals surface area contributed by atoms with Crippen LogP contribution in [0.2, 0.25) is 0 Å². The van der Waals surface area contributed by atoms with Gasteiger partial charge in [0.1, 0.15) is 10.7 Å². The Morgan fingerprint density at radius 1 is 0.879 bits per heavy atom. The Kier molecular flexibility index (Phi) is 6.56. The Hall–Kier alpha value is -3.90. The van der Waals surface area contributed by atoms with Gasteiger partial charge in [-0.25, -0.2) is 4.90 Å². The molecule has 4 rings (SSSR count). The summed E-state index contributed by atoms with van der Waals surface area (Å²) in [6, 6.07) is 23.5. The molecule has 0 spiro atoms. The van der Waals surface area contributed by atoms with Gasteiger partial charge >= 0.3 is 0 Å². The van der Waals surface area contributed by atoms with Crippen LogP contribution in [0.3, 0.4) is 0 Å². The van der Waals surface area contributed by atoms with Gasteiger partial charge in [0, 0.05) is 17.8 Å². The van der Waals surface area contributed by atoms with Crippen LogP contribution in [0.25, 0.3) is 0 Å². The van der Waals surface area contributed by atoms with E-state index in [2.05, 4.69) is 10.6 Å². The Labute approximate surface area is 196 Å². The van der Waals surface area contributed by atoms with E-state index >= 15 is 0 Å². The molecule has 0 fully saturated rings. The average molecular weight is 460 g/mol. The van der Waals surface area contributed by atoms with Gasteiger partial charge in [-0.3, -0.25) is 14.4 Å². The number of amides is 3. The minimum atomic E-state index is -0.568. The van der Waals surface area contributed by atoms with Crippen LogP contribution in [0, 0.1) is 0 Å². The number of hydrogen-bond acceptors (Lipinski definition) is 4. The molecule has 1 aliphatic heterocycles.